The number of aliphatic hydroxyl groups excluding tert-OH is 2. The fourth-order valence-corrected chi connectivity index (χ4v) is 6.23. The van der Waals surface area contributed by atoms with Gasteiger partial charge in [0.05, 0.1) is 17.8 Å². The Labute approximate surface area is 177 Å². The minimum Gasteiger partial charge on any atom is -0.393 e. The van der Waals surface area contributed by atoms with Crippen LogP contribution in [0.1, 0.15) is 91.4 Å². The van der Waals surface area contributed by atoms with Crippen molar-refractivity contribution < 1.29 is 15.3 Å². The molecule has 0 heterocycles. The Balaban J connectivity index is 1.65. The molecule has 2 unspecified atom stereocenters. The van der Waals surface area contributed by atoms with E-state index in [1.54, 1.807) is 5.57 Å². The molecule has 3 fully saturated rings. The summed E-state index contributed by atoms with van der Waals surface area (Å²) in [7, 11) is 0. The number of hydrogen-bond donors (Lipinski definition) is 3. The largest absolute Gasteiger partial charge is 0.393 e. The highest BCUT2D eigenvalue weighted by Crippen LogP contribution is 2.58. The van der Waals surface area contributed by atoms with Crippen LogP contribution in [0, 0.1) is 17.3 Å². The molecule has 3 rings (SSSR count). The van der Waals surface area contributed by atoms with E-state index in [0.29, 0.717) is 24.2 Å². The highest BCUT2D eigenvalue weighted by atomic mass is 16.3. The second-order valence-electron chi connectivity index (χ2n) is 10.8. The Morgan fingerprint density at radius 3 is 2.66 bits per heavy atom. The molecule has 0 spiro atoms. The van der Waals surface area contributed by atoms with Gasteiger partial charge in [-0.3, -0.25) is 0 Å². The second-order valence-corrected chi connectivity index (χ2v) is 10.8. The summed E-state index contributed by atoms with van der Waals surface area (Å²) in [6, 6.07) is 0. The van der Waals surface area contributed by atoms with Crippen LogP contribution in [-0.4, -0.2) is 33.1 Å². The number of unbranched alkanes of at least 4 members (excludes halogenated alkanes) is 1. The summed E-state index contributed by atoms with van der Waals surface area (Å²) in [6.45, 7) is 10.4. The highest BCUT2D eigenvalue weighted by molar-refractivity contribution is 5.38. The van der Waals surface area contributed by atoms with Gasteiger partial charge in [0.1, 0.15) is 0 Å². The SMILES string of the molecule is C=C1/C(=C\C=C2/CCCC3(C)[C@@H](CCCCC(C)(C)O)CC[C@@H]23)C[C@@H](O)CC1O. The third kappa shape index (κ3) is 5.42. The molecule has 3 aliphatic rings. The third-order valence-electron chi connectivity index (χ3n) is 8.02. The van der Waals surface area contributed by atoms with E-state index in [2.05, 4.69) is 25.7 Å². The zero-order valence-electron chi connectivity index (χ0n) is 18.8. The number of allylic oxidation sites excluding steroid dienone is 3. The van der Waals surface area contributed by atoms with Crippen molar-refractivity contribution >= 4 is 0 Å². The van der Waals surface area contributed by atoms with Crippen molar-refractivity contribution in [1.82, 2.24) is 0 Å². The van der Waals surface area contributed by atoms with Crippen LogP contribution in [-0.2, 0) is 0 Å². The molecule has 0 aliphatic heterocycles. The molecule has 0 bridgehead atoms. The van der Waals surface area contributed by atoms with E-state index in [0.717, 1.165) is 29.9 Å². The normalized spacial score (nSPS) is 38.6. The van der Waals surface area contributed by atoms with E-state index in [1.807, 2.05) is 13.8 Å². The lowest BCUT2D eigenvalue weighted by molar-refractivity contribution is 0.0659. The topological polar surface area (TPSA) is 60.7 Å². The zero-order chi connectivity index (χ0) is 21.2. The molecule has 5 atom stereocenters. The Hall–Kier alpha value is -0.900. The van der Waals surface area contributed by atoms with Crippen molar-refractivity contribution in [1.29, 1.82) is 0 Å². The molecule has 3 aliphatic carbocycles. The van der Waals surface area contributed by atoms with Gasteiger partial charge in [0.2, 0.25) is 0 Å². The predicted octanol–water partition coefficient (Wildman–Crippen LogP) is 5.46. The standard InChI is InChI=1S/C26H42O3/c1-18-20(16-22(27)17-24(18)28)11-10-19-8-7-15-26(4)21(12-13-23(19)26)9-5-6-14-25(2,3)29/h10-11,21-24,27-29H,1,5-9,12-17H2,2-4H3/b19-10+,20-11-/t21-,22+,23-,24?,26?/m0/s1. The molecule has 164 valence electrons. The van der Waals surface area contributed by atoms with Crippen LogP contribution in [0.5, 0.6) is 0 Å². The second kappa shape index (κ2) is 9.08. The average molecular weight is 403 g/mol. The molecule has 3 nitrogen and oxygen atoms in total. The van der Waals surface area contributed by atoms with Crippen LogP contribution < -0.4 is 0 Å². The highest BCUT2D eigenvalue weighted by Gasteiger charge is 2.48. The van der Waals surface area contributed by atoms with Crippen LogP contribution in [0.3, 0.4) is 0 Å². The predicted molar refractivity (Wildman–Crippen MR) is 119 cm³/mol. The molecule has 0 amide bonds. The average Bonchev–Trinajstić information content (AvgIpc) is 2.96. The van der Waals surface area contributed by atoms with E-state index < -0.39 is 17.8 Å². The summed E-state index contributed by atoms with van der Waals surface area (Å²) in [5, 5.41) is 30.1. The van der Waals surface area contributed by atoms with E-state index in [-0.39, 0.29) is 0 Å². The van der Waals surface area contributed by atoms with Gasteiger partial charge >= 0.3 is 0 Å². The van der Waals surface area contributed by atoms with Gasteiger partial charge in [-0.15, -0.1) is 0 Å². The van der Waals surface area contributed by atoms with Crippen LogP contribution in [0.25, 0.3) is 0 Å². The summed E-state index contributed by atoms with van der Waals surface area (Å²) in [6.07, 6.45) is 15.2. The molecule has 29 heavy (non-hydrogen) atoms. The van der Waals surface area contributed by atoms with Gasteiger partial charge in [-0.1, -0.05) is 44.1 Å². The first-order valence-corrected chi connectivity index (χ1v) is 11.8. The van der Waals surface area contributed by atoms with Gasteiger partial charge < -0.3 is 15.3 Å². The lowest BCUT2D eigenvalue weighted by Crippen LogP contribution is -2.33. The Kier molecular flexibility index (Phi) is 7.13. The minimum absolute atomic E-state index is 0.403. The van der Waals surface area contributed by atoms with Crippen LogP contribution >= 0.6 is 0 Å². The summed E-state index contributed by atoms with van der Waals surface area (Å²) < 4.78 is 0. The molecular formula is C26H42O3. The van der Waals surface area contributed by atoms with Crippen molar-refractivity contribution in [2.75, 3.05) is 0 Å². The van der Waals surface area contributed by atoms with Crippen molar-refractivity contribution in [3.8, 4) is 0 Å². The smallest absolute Gasteiger partial charge is 0.0811 e. The Morgan fingerprint density at radius 1 is 1.17 bits per heavy atom. The molecule has 3 saturated carbocycles. The van der Waals surface area contributed by atoms with Crippen molar-refractivity contribution in [2.45, 2.75) is 109 Å². The first kappa shape index (κ1) is 22.8. The molecule has 3 heteroatoms. The van der Waals surface area contributed by atoms with Crippen molar-refractivity contribution in [3.63, 3.8) is 0 Å². The molecule has 0 aromatic heterocycles. The van der Waals surface area contributed by atoms with Gasteiger partial charge in [0.15, 0.2) is 0 Å². The number of fused-ring (bicyclic) bond motifs is 1. The summed E-state index contributed by atoms with van der Waals surface area (Å²) >= 11 is 0. The maximum atomic E-state index is 10.1. The molecule has 0 aromatic rings. The third-order valence-corrected chi connectivity index (χ3v) is 8.02. The van der Waals surface area contributed by atoms with E-state index in [1.165, 1.54) is 44.9 Å². The number of rotatable bonds is 6. The quantitative estimate of drug-likeness (QED) is 0.517. The van der Waals surface area contributed by atoms with Gasteiger partial charge in [-0.05, 0) is 93.6 Å². The first-order valence-electron chi connectivity index (χ1n) is 11.8. The van der Waals surface area contributed by atoms with E-state index in [9.17, 15) is 15.3 Å². The summed E-state index contributed by atoms with van der Waals surface area (Å²) in [5.74, 6) is 1.46. The number of aliphatic hydroxyl groups is 3. The molecule has 0 saturated heterocycles. The Morgan fingerprint density at radius 2 is 1.93 bits per heavy atom. The van der Waals surface area contributed by atoms with Crippen molar-refractivity contribution in [2.24, 2.45) is 17.3 Å². The molecule has 3 N–H and O–H groups in total. The van der Waals surface area contributed by atoms with Crippen LogP contribution in [0.2, 0.25) is 0 Å². The fraction of sp³-hybridized carbons (Fsp3) is 0.769. The Bertz CT molecular complexity index is 653. The molecular weight excluding hydrogens is 360 g/mol. The van der Waals surface area contributed by atoms with Gasteiger partial charge in [-0.25, -0.2) is 0 Å². The lowest BCUT2D eigenvalue weighted by Gasteiger charge is -2.42. The lowest BCUT2D eigenvalue weighted by atomic mass is 9.62. The molecule has 0 aromatic carbocycles. The summed E-state index contributed by atoms with van der Waals surface area (Å²) in [4.78, 5) is 0. The van der Waals surface area contributed by atoms with Gasteiger partial charge in [0.25, 0.3) is 0 Å². The van der Waals surface area contributed by atoms with Gasteiger partial charge in [-0.2, -0.15) is 0 Å². The monoisotopic (exact) mass is 402 g/mol. The zero-order valence-corrected chi connectivity index (χ0v) is 18.8. The fourth-order valence-electron chi connectivity index (χ4n) is 6.23. The van der Waals surface area contributed by atoms with Crippen LogP contribution in [0.15, 0.2) is 35.5 Å². The maximum Gasteiger partial charge on any atom is 0.0811 e. The van der Waals surface area contributed by atoms with Gasteiger partial charge in [0, 0.05) is 6.42 Å². The van der Waals surface area contributed by atoms with Crippen LogP contribution in [0.4, 0.5) is 0 Å². The van der Waals surface area contributed by atoms with Crippen molar-refractivity contribution in [3.05, 3.63) is 35.5 Å². The van der Waals surface area contributed by atoms with E-state index in [4.69, 9.17) is 0 Å². The summed E-state index contributed by atoms with van der Waals surface area (Å²) in [5.41, 5.74) is 3.22. The number of hydrogen-bond acceptors (Lipinski definition) is 3. The van der Waals surface area contributed by atoms with E-state index >= 15 is 0 Å². The molecule has 0 radical (unpaired) electrons. The minimum atomic E-state index is -0.611. The first-order chi connectivity index (χ1) is 13.6. The maximum absolute atomic E-state index is 10.1.